The zero-order valence-corrected chi connectivity index (χ0v) is 10.9. The summed E-state index contributed by atoms with van der Waals surface area (Å²) in [6.45, 7) is 6.99. The van der Waals surface area contributed by atoms with E-state index in [0.29, 0.717) is 0 Å². The minimum atomic E-state index is 0.0858. The van der Waals surface area contributed by atoms with Crippen molar-refractivity contribution in [2.24, 2.45) is 5.92 Å². The molecule has 4 nitrogen and oxygen atoms in total. The summed E-state index contributed by atoms with van der Waals surface area (Å²) in [4.78, 5) is 13.5. The van der Waals surface area contributed by atoms with Gasteiger partial charge in [0.25, 0.3) is 0 Å². The van der Waals surface area contributed by atoms with Gasteiger partial charge in [0.15, 0.2) is 0 Å². The van der Waals surface area contributed by atoms with Crippen molar-refractivity contribution in [1.29, 1.82) is 0 Å². The Morgan fingerprint density at radius 2 is 2.00 bits per heavy atom. The SMILES string of the molecule is CC(=O)NCCN(CC1CCNCC1)C1CC1. The number of hydrogen-bond acceptors (Lipinski definition) is 3. The van der Waals surface area contributed by atoms with Crippen molar-refractivity contribution in [3.8, 4) is 0 Å². The molecule has 0 unspecified atom stereocenters. The van der Waals surface area contributed by atoms with Crippen LogP contribution in [0.2, 0.25) is 0 Å². The van der Waals surface area contributed by atoms with Gasteiger partial charge in [-0.25, -0.2) is 0 Å². The lowest BCUT2D eigenvalue weighted by Crippen LogP contribution is -2.40. The predicted molar refractivity (Wildman–Crippen MR) is 68.9 cm³/mol. The Morgan fingerprint density at radius 1 is 1.29 bits per heavy atom. The van der Waals surface area contributed by atoms with E-state index >= 15 is 0 Å². The van der Waals surface area contributed by atoms with Gasteiger partial charge in [0, 0.05) is 32.6 Å². The van der Waals surface area contributed by atoms with E-state index in [2.05, 4.69) is 15.5 Å². The normalized spacial score (nSPS) is 21.8. The average Bonchev–Trinajstić information content (AvgIpc) is 3.12. The van der Waals surface area contributed by atoms with Crippen LogP contribution in [0.15, 0.2) is 0 Å². The summed E-state index contributed by atoms with van der Waals surface area (Å²) in [5.41, 5.74) is 0. The molecule has 2 fully saturated rings. The molecule has 0 aromatic rings. The fourth-order valence-corrected chi connectivity index (χ4v) is 2.63. The Balaban J connectivity index is 1.70. The van der Waals surface area contributed by atoms with Crippen LogP contribution < -0.4 is 10.6 Å². The van der Waals surface area contributed by atoms with Crippen LogP contribution in [0.3, 0.4) is 0 Å². The van der Waals surface area contributed by atoms with Gasteiger partial charge in [-0.3, -0.25) is 9.69 Å². The summed E-state index contributed by atoms with van der Waals surface area (Å²) in [6, 6.07) is 0.804. The van der Waals surface area contributed by atoms with Gasteiger partial charge in [0.05, 0.1) is 0 Å². The molecule has 2 rings (SSSR count). The van der Waals surface area contributed by atoms with Crippen LogP contribution in [0.1, 0.15) is 32.6 Å². The third-order valence-corrected chi connectivity index (χ3v) is 3.79. The lowest BCUT2D eigenvalue weighted by molar-refractivity contribution is -0.119. The number of hydrogen-bond donors (Lipinski definition) is 2. The molecule has 0 bridgehead atoms. The van der Waals surface area contributed by atoms with Gasteiger partial charge in [-0.1, -0.05) is 0 Å². The molecule has 2 N–H and O–H groups in total. The molecule has 1 aliphatic heterocycles. The van der Waals surface area contributed by atoms with Gasteiger partial charge in [0.1, 0.15) is 0 Å². The summed E-state index contributed by atoms with van der Waals surface area (Å²) in [5.74, 6) is 0.941. The van der Waals surface area contributed by atoms with E-state index in [4.69, 9.17) is 0 Å². The van der Waals surface area contributed by atoms with E-state index < -0.39 is 0 Å². The Labute approximate surface area is 104 Å². The lowest BCUT2D eigenvalue weighted by Gasteiger charge is -2.30. The van der Waals surface area contributed by atoms with E-state index in [0.717, 1.165) is 25.0 Å². The number of piperidine rings is 1. The molecule has 1 saturated carbocycles. The van der Waals surface area contributed by atoms with Crippen LogP contribution >= 0.6 is 0 Å². The molecular weight excluding hydrogens is 214 g/mol. The zero-order valence-electron chi connectivity index (χ0n) is 10.9. The van der Waals surface area contributed by atoms with Crippen molar-refractivity contribution in [3.63, 3.8) is 0 Å². The van der Waals surface area contributed by atoms with E-state index in [1.165, 1.54) is 45.3 Å². The minimum absolute atomic E-state index is 0.0858. The number of rotatable bonds is 6. The third-order valence-electron chi connectivity index (χ3n) is 3.79. The summed E-state index contributed by atoms with van der Waals surface area (Å²) in [5, 5.41) is 6.32. The Kier molecular flexibility index (Phi) is 4.80. The molecule has 4 heteroatoms. The number of carbonyl (C=O) groups is 1. The topological polar surface area (TPSA) is 44.4 Å². The molecule has 0 atom stereocenters. The zero-order chi connectivity index (χ0) is 12.1. The molecule has 1 aliphatic carbocycles. The molecule has 0 radical (unpaired) electrons. The summed E-state index contributed by atoms with van der Waals surface area (Å²) in [7, 11) is 0. The second kappa shape index (κ2) is 6.36. The summed E-state index contributed by atoms with van der Waals surface area (Å²) >= 11 is 0. The first-order chi connectivity index (χ1) is 8.25. The van der Waals surface area contributed by atoms with E-state index in [1.807, 2.05) is 0 Å². The summed E-state index contributed by atoms with van der Waals surface area (Å²) in [6.07, 6.45) is 5.32. The monoisotopic (exact) mass is 239 g/mol. The van der Waals surface area contributed by atoms with Gasteiger partial charge in [-0.05, 0) is 44.7 Å². The Morgan fingerprint density at radius 3 is 2.59 bits per heavy atom. The first kappa shape index (κ1) is 12.8. The second-order valence-electron chi connectivity index (χ2n) is 5.40. The summed E-state index contributed by atoms with van der Waals surface area (Å²) < 4.78 is 0. The molecule has 1 saturated heterocycles. The fraction of sp³-hybridized carbons (Fsp3) is 0.923. The molecule has 0 spiro atoms. The highest BCUT2D eigenvalue weighted by Gasteiger charge is 2.30. The molecule has 0 aromatic heterocycles. The van der Waals surface area contributed by atoms with Gasteiger partial charge in [-0.2, -0.15) is 0 Å². The van der Waals surface area contributed by atoms with Crippen LogP contribution in [0, 0.1) is 5.92 Å². The van der Waals surface area contributed by atoms with Crippen molar-refractivity contribution in [1.82, 2.24) is 15.5 Å². The third kappa shape index (κ3) is 4.64. The fourth-order valence-electron chi connectivity index (χ4n) is 2.63. The molecule has 1 amide bonds. The number of nitrogens with zero attached hydrogens (tertiary/aromatic N) is 1. The van der Waals surface area contributed by atoms with Crippen molar-refractivity contribution < 1.29 is 4.79 Å². The highest BCUT2D eigenvalue weighted by atomic mass is 16.1. The standard InChI is InChI=1S/C13H25N3O/c1-11(17)15-8-9-16(13-2-3-13)10-12-4-6-14-7-5-12/h12-14H,2-10H2,1H3,(H,15,17). The van der Waals surface area contributed by atoms with Gasteiger partial charge < -0.3 is 10.6 Å². The van der Waals surface area contributed by atoms with Crippen LogP contribution in [0.5, 0.6) is 0 Å². The smallest absolute Gasteiger partial charge is 0.216 e. The van der Waals surface area contributed by atoms with Crippen molar-refractivity contribution in [2.75, 3.05) is 32.7 Å². The highest BCUT2D eigenvalue weighted by molar-refractivity contribution is 5.72. The maximum absolute atomic E-state index is 10.9. The highest BCUT2D eigenvalue weighted by Crippen LogP contribution is 2.28. The number of amides is 1. The molecule has 98 valence electrons. The first-order valence-electron chi connectivity index (χ1n) is 6.95. The molecule has 2 aliphatic rings. The van der Waals surface area contributed by atoms with E-state index in [1.54, 1.807) is 6.92 Å². The van der Waals surface area contributed by atoms with Gasteiger partial charge >= 0.3 is 0 Å². The molecule has 1 heterocycles. The van der Waals surface area contributed by atoms with Crippen LogP contribution in [0.25, 0.3) is 0 Å². The second-order valence-corrected chi connectivity index (χ2v) is 5.40. The lowest BCUT2D eigenvalue weighted by atomic mass is 9.97. The molecular formula is C13H25N3O. The molecule has 17 heavy (non-hydrogen) atoms. The van der Waals surface area contributed by atoms with Crippen LogP contribution in [0.4, 0.5) is 0 Å². The first-order valence-corrected chi connectivity index (χ1v) is 6.95. The van der Waals surface area contributed by atoms with E-state index in [-0.39, 0.29) is 5.91 Å². The van der Waals surface area contributed by atoms with E-state index in [9.17, 15) is 4.79 Å². The van der Waals surface area contributed by atoms with Gasteiger partial charge in [0.2, 0.25) is 5.91 Å². The van der Waals surface area contributed by atoms with Crippen molar-refractivity contribution in [2.45, 2.75) is 38.6 Å². The van der Waals surface area contributed by atoms with Crippen LogP contribution in [-0.4, -0.2) is 49.6 Å². The molecule has 0 aromatic carbocycles. The van der Waals surface area contributed by atoms with Crippen LogP contribution in [-0.2, 0) is 4.79 Å². The largest absolute Gasteiger partial charge is 0.355 e. The Hall–Kier alpha value is -0.610. The average molecular weight is 239 g/mol. The maximum Gasteiger partial charge on any atom is 0.216 e. The quantitative estimate of drug-likeness (QED) is 0.713. The number of carbonyl (C=O) groups excluding carboxylic acids is 1. The maximum atomic E-state index is 10.9. The number of nitrogens with one attached hydrogen (secondary N) is 2. The Bertz CT molecular complexity index is 247. The van der Waals surface area contributed by atoms with Crippen molar-refractivity contribution >= 4 is 5.91 Å². The van der Waals surface area contributed by atoms with Crippen molar-refractivity contribution in [3.05, 3.63) is 0 Å². The van der Waals surface area contributed by atoms with Gasteiger partial charge in [-0.15, -0.1) is 0 Å². The predicted octanol–water partition coefficient (Wildman–Crippen LogP) is 0.587. The minimum Gasteiger partial charge on any atom is -0.355 e.